The summed E-state index contributed by atoms with van der Waals surface area (Å²) in [6, 6.07) is 6.12. The molecule has 3 nitrogen and oxygen atoms in total. The second-order valence-corrected chi connectivity index (χ2v) is 5.88. The molecule has 4 heteroatoms. The molecule has 1 saturated carbocycles. The summed E-state index contributed by atoms with van der Waals surface area (Å²) in [6.07, 6.45) is 2.59. The lowest BCUT2D eigenvalue weighted by atomic mass is 10.2. The van der Waals surface area contributed by atoms with Gasteiger partial charge in [-0.3, -0.25) is 4.98 Å². The zero-order chi connectivity index (χ0) is 12.5. The standard InChI is InChI=1S/C14H17N3S/c1-9-4-3-5-11(16-9)14-17-13(10-6-7-10)12(18-14)8-15-2/h3-5,10,15H,6-8H2,1-2H3. The molecule has 0 bridgehead atoms. The highest BCUT2D eigenvalue weighted by atomic mass is 32.1. The monoisotopic (exact) mass is 259 g/mol. The van der Waals surface area contributed by atoms with Gasteiger partial charge in [0.15, 0.2) is 0 Å². The van der Waals surface area contributed by atoms with Gasteiger partial charge in [-0.2, -0.15) is 0 Å². The Kier molecular flexibility index (Phi) is 3.14. The summed E-state index contributed by atoms with van der Waals surface area (Å²) in [5, 5.41) is 4.29. The van der Waals surface area contributed by atoms with E-state index in [0.717, 1.165) is 22.9 Å². The smallest absolute Gasteiger partial charge is 0.142 e. The van der Waals surface area contributed by atoms with Crippen LogP contribution in [-0.2, 0) is 6.54 Å². The molecule has 0 radical (unpaired) electrons. The molecule has 0 aliphatic heterocycles. The van der Waals surface area contributed by atoms with Crippen LogP contribution in [0.4, 0.5) is 0 Å². The first-order valence-corrected chi connectivity index (χ1v) is 7.18. The molecule has 0 spiro atoms. The predicted molar refractivity (Wildman–Crippen MR) is 74.8 cm³/mol. The van der Waals surface area contributed by atoms with Gasteiger partial charge in [-0.1, -0.05) is 6.07 Å². The Morgan fingerprint density at radius 3 is 2.83 bits per heavy atom. The van der Waals surface area contributed by atoms with E-state index >= 15 is 0 Å². The lowest BCUT2D eigenvalue weighted by Gasteiger charge is -1.97. The van der Waals surface area contributed by atoms with E-state index in [0.29, 0.717) is 5.92 Å². The number of rotatable bonds is 4. The molecule has 2 aromatic rings. The summed E-state index contributed by atoms with van der Waals surface area (Å²) in [6.45, 7) is 2.93. The number of thiazole rings is 1. The average molecular weight is 259 g/mol. The van der Waals surface area contributed by atoms with E-state index in [9.17, 15) is 0 Å². The van der Waals surface area contributed by atoms with Crippen molar-refractivity contribution in [2.24, 2.45) is 0 Å². The Balaban J connectivity index is 1.99. The number of aromatic nitrogens is 2. The number of nitrogens with one attached hydrogen (secondary N) is 1. The van der Waals surface area contributed by atoms with Crippen LogP contribution < -0.4 is 5.32 Å². The third-order valence-electron chi connectivity index (χ3n) is 3.14. The summed E-state index contributed by atoms with van der Waals surface area (Å²) in [4.78, 5) is 10.8. The molecule has 0 aromatic carbocycles. The molecule has 1 fully saturated rings. The second kappa shape index (κ2) is 4.78. The molecular weight excluding hydrogens is 242 g/mol. The van der Waals surface area contributed by atoms with Crippen LogP contribution in [0.15, 0.2) is 18.2 Å². The average Bonchev–Trinajstić information content (AvgIpc) is 3.12. The van der Waals surface area contributed by atoms with Gasteiger partial charge in [0.1, 0.15) is 5.01 Å². The van der Waals surface area contributed by atoms with Crippen molar-refractivity contribution in [2.75, 3.05) is 7.05 Å². The van der Waals surface area contributed by atoms with Gasteiger partial charge in [0.05, 0.1) is 11.4 Å². The highest BCUT2D eigenvalue weighted by molar-refractivity contribution is 7.15. The van der Waals surface area contributed by atoms with Gasteiger partial charge < -0.3 is 5.32 Å². The van der Waals surface area contributed by atoms with Crippen LogP contribution >= 0.6 is 11.3 Å². The van der Waals surface area contributed by atoms with E-state index in [1.807, 2.05) is 32.2 Å². The fourth-order valence-electron chi connectivity index (χ4n) is 2.10. The van der Waals surface area contributed by atoms with Gasteiger partial charge in [-0.05, 0) is 38.9 Å². The maximum absolute atomic E-state index is 4.82. The van der Waals surface area contributed by atoms with Crippen LogP contribution in [0, 0.1) is 6.92 Å². The predicted octanol–water partition coefficient (Wildman–Crippen LogP) is 3.11. The summed E-state index contributed by atoms with van der Waals surface area (Å²) in [5.74, 6) is 0.697. The summed E-state index contributed by atoms with van der Waals surface area (Å²) < 4.78 is 0. The van der Waals surface area contributed by atoms with Gasteiger partial charge >= 0.3 is 0 Å². The van der Waals surface area contributed by atoms with Crippen molar-refractivity contribution in [3.63, 3.8) is 0 Å². The quantitative estimate of drug-likeness (QED) is 0.916. The first-order valence-electron chi connectivity index (χ1n) is 6.36. The number of nitrogens with zero attached hydrogens (tertiary/aromatic N) is 2. The van der Waals surface area contributed by atoms with Crippen LogP contribution in [0.3, 0.4) is 0 Å². The van der Waals surface area contributed by atoms with Crippen LogP contribution in [0.5, 0.6) is 0 Å². The van der Waals surface area contributed by atoms with Gasteiger partial charge in [0.25, 0.3) is 0 Å². The summed E-state index contributed by atoms with van der Waals surface area (Å²) in [7, 11) is 1.99. The first-order chi connectivity index (χ1) is 8.78. The van der Waals surface area contributed by atoms with Crippen LogP contribution in [0.25, 0.3) is 10.7 Å². The van der Waals surface area contributed by atoms with Crippen molar-refractivity contribution in [3.05, 3.63) is 34.5 Å². The lowest BCUT2D eigenvalue weighted by molar-refractivity contribution is 0.813. The van der Waals surface area contributed by atoms with Gasteiger partial charge in [0.2, 0.25) is 0 Å². The second-order valence-electron chi connectivity index (χ2n) is 4.80. The first kappa shape index (κ1) is 11.8. The summed E-state index contributed by atoms with van der Waals surface area (Å²) in [5.41, 5.74) is 3.35. The van der Waals surface area contributed by atoms with E-state index in [1.54, 1.807) is 11.3 Å². The highest BCUT2D eigenvalue weighted by Crippen LogP contribution is 2.43. The normalized spacial score (nSPS) is 15.0. The van der Waals surface area contributed by atoms with E-state index in [-0.39, 0.29) is 0 Å². The Bertz CT molecular complexity index is 558. The lowest BCUT2D eigenvalue weighted by Crippen LogP contribution is -2.05. The molecule has 0 saturated heterocycles. The van der Waals surface area contributed by atoms with Crippen LogP contribution in [-0.4, -0.2) is 17.0 Å². The fourth-order valence-corrected chi connectivity index (χ4v) is 3.23. The van der Waals surface area contributed by atoms with Gasteiger partial charge in [-0.25, -0.2) is 4.98 Å². The minimum atomic E-state index is 0.697. The van der Waals surface area contributed by atoms with Crippen molar-refractivity contribution < 1.29 is 0 Å². The molecule has 0 amide bonds. The van der Waals surface area contributed by atoms with Crippen molar-refractivity contribution in [1.82, 2.24) is 15.3 Å². The molecule has 1 aliphatic carbocycles. The Morgan fingerprint density at radius 2 is 2.17 bits per heavy atom. The Hall–Kier alpha value is -1.26. The van der Waals surface area contributed by atoms with Crippen molar-refractivity contribution >= 4 is 11.3 Å². The molecule has 3 rings (SSSR count). The molecule has 94 valence electrons. The van der Waals surface area contributed by atoms with E-state index in [2.05, 4.69) is 10.3 Å². The minimum absolute atomic E-state index is 0.697. The molecule has 2 aromatic heterocycles. The summed E-state index contributed by atoms with van der Waals surface area (Å²) >= 11 is 1.78. The largest absolute Gasteiger partial charge is 0.315 e. The van der Waals surface area contributed by atoms with Crippen LogP contribution in [0.1, 0.15) is 35.0 Å². The number of pyridine rings is 1. The van der Waals surface area contributed by atoms with E-state index in [1.165, 1.54) is 23.4 Å². The van der Waals surface area contributed by atoms with E-state index < -0.39 is 0 Å². The molecule has 2 heterocycles. The molecule has 1 aliphatic rings. The zero-order valence-corrected chi connectivity index (χ0v) is 11.5. The third-order valence-corrected chi connectivity index (χ3v) is 4.23. The Morgan fingerprint density at radius 1 is 1.33 bits per heavy atom. The Labute approximate surface area is 111 Å². The molecule has 18 heavy (non-hydrogen) atoms. The number of hydrogen-bond acceptors (Lipinski definition) is 4. The number of hydrogen-bond donors (Lipinski definition) is 1. The topological polar surface area (TPSA) is 37.8 Å². The van der Waals surface area contributed by atoms with Gasteiger partial charge in [0, 0.05) is 23.0 Å². The molecule has 0 unspecified atom stereocenters. The fraction of sp³-hybridized carbons (Fsp3) is 0.429. The van der Waals surface area contributed by atoms with E-state index in [4.69, 9.17) is 4.98 Å². The number of aryl methyl sites for hydroxylation is 1. The zero-order valence-electron chi connectivity index (χ0n) is 10.7. The van der Waals surface area contributed by atoms with Gasteiger partial charge in [-0.15, -0.1) is 11.3 Å². The molecule has 1 N–H and O–H groups in total. The maximum atomic E-state index is 4.82. The van der Waals surface area contributed by atoms with Crippen molar-refractivity contribution in [2.45, 2.75) is 32.2 Å². The molecule has 0 atom stereocenters. The molecular formula is C14H17N3S. The highest BCUT2D eigenvalue weighted by Gasteiger charge is 2.29. The maximum Gasteiger partial charge on any atom is 0.142 e. The van der Waals surface area contributed by atoms with Crippen LogP contribution in [0.2, 0.25) is 0 Å². The minimum Gasteiger partial charge on any atom is -0.315 e. The van der Waals surface area contributed by atoms with Crippen molar-refractivity contribution in [1.29, 1.82) is 0 Å². The third kappa shape index (κ3) is 2.31. The SMILES string of the molecule is CNCc1sc(-c2cccc(C)n2)nc1C1CC1. The van der Waals surface area contributed by atoms with Crippen molar-refractivity contribution in [3.8, 4) is 10.7 Å².